The molecule has 2 amide bonds. The number of methoxy groups -OCH3 is 2. The zero-order valence-electron chi connectivity index (χ0n) is 18.7. The Hall–Kier alpha value is -3.06. The highest BCUT2D eigenvalue weighted by molar-refractivity contribution is 5.87. The zero-order chi connectivity index (χ0) is 22.5. The van der Waals surface area contributed by atoms with Crippen LogP contribution in [-0.2, 0) is 27.5 Å². The van der Waals surface area contributed by atoms with Crippen molar-refractivity contribution in [3.63, 3.8) is 0 Å². The van der Waals surface area contributed by atoms with Gasteiger partial charge in [0.1, 0.15) is 11.5 Å². The van der Waals surface area contributed by atoms with Crippen LogP contribution in [0.15, 0.2) is 48.5 Å². The fourth-order valence-corrected chi connectivity index (χ4v) is 3.88. The molecule has 2 aromatic rings. The maximum atomic E-state index is 13.0. The van der Waals surface area contributed by atoms with Crippen molar-refractivity contribution in [1.29, 1.82) is 0 Å². The van der Waals surface area contributed by atoms with Gasteiger partial charge in [-0.3, -0.25) is 9.59 Å². The quantitative estimate of drug-likeness (QED) is 0.634. The normalized spacial score (nSPS) is 18.9. The summed E-state index contributed by atoms with van der Waals surface area (Å²) in [5.74, 6) is 1.66. The number of benzene rings is 2. The summed E-state index contributed by atoms with van der Waals surface area (Å²) in [4.78, 5) is 29.3. The maximum Gasteiger partial charge on any atom is 0.242 e. The molecule has 0 spiro atoms. The average molecular weight is 439 g/mol. The Balaban J connectivity index is 1.46. The van der Waals surface area contributed by atoms with E-state index in [1.807, 2.05) is 48.5 Å². The van der Waals surface area contributed by atoms with E-state index in [1.165, 1.54) is 0 Å². The van der Waals surface area contributed by atoms with Gasteiger partial charge >= 0.3 is 0 Å². The lowest BCUT2D eigenvalue weighted by molar-refractivity contribution is -0.139. The van der Waals surface area contributed by atoms with E-state index in [0.717, 1.165) is 35.5 Å². The van der Waals surface area contributed by atoms with Crippen LogP contribution in [0.4, 0.5) is 0 Å². The predicted octanol–water partition coefficient (Wildman–Crippen LogP) is 2.87. The molecule has 2 aliphatic rings. The van der Waals surface area contributed by atoms with Crippen LogP contribution in [0.1, 0.15) is 24.0 Å². The smallest absolute Gasteiger partial charge is 0.242 e. The first kappa shape index (κ1) is 22.1. The fourth-order valence-electron chi connectivity index (χ4n) is 3.88. The third-order valence-corrected chi connectivity index (χ3v) is 5.94. The third-order valence-electron chi connectivity index (χ3n) is 5.94. The molecule has 0 N–H and O–H groups in total. The molecule has 2 fully saturated rings. The van der Waals surface area contributed by atoms with Crippen LogP contribution >= 0.6 is 0 Å². The first-order chi connectivity index (χ1) is 15.6. The molecule has 1 aliphatic carbocycles. The van der Waals surface area contributed by atoms with Gasteiger partial charge in [0.05, 0.1) is 33.5 Å². The van der Waals surface area contributed by atoms with Gasteiger partial charge in [-0.05, 0) is 48.2 Å². The monoisotopic (exact) mass is 438 g/mol. The van der Waals surface area contributed by atoms with Crippen molar-refractivity contribution >= 4 is 11.8 Å². The van der Waals surface area contributed by atoms with Crippen molar-refractivity contribution in [2.75, 3.05) is 33.9 Å². The number of ether oxygens (including phenoxy) is 3. The largest absolute Gasteiger partial charge is 0.497 e. The zero-order valence-corrected chi connectivity index (χ0v) is 18.7. The first-order valence-corrected chi connectivity index (χ1v) is 11.0. The number of hydrogen-bond acceptors (Lipinski definition) is 5. The molecule has 7 nitrogen and oxygen atoms in total. The van der Waals surface area contributed by atoms with Crippen LogP contribution in [0.3, 0.4) is 0 Å². The number of amides is 2. The van der Waals surface area contributed by atoms with Gasteiger partial charge in [-0.15, -0.1) is 0 Å². The predicted molar refractivity (Wildman–Crippen MR) is 119 cm³/mol. The van der Waals surface area contributed by atoms with E-state index in [1.54, 1.807) is 24.0 Å². The van der Waals surface area contributed by atoms with E-state index < -0.39 is 0 Å². The molecule has 0 aromatic heterocycles. The Morgan fingerprint density at radius 2 is 1.50 bits per heavy atom. The minimum Gasteiger partial charge on any atom is -0.497 e. The summed E-state index contributed by atoms with van der Waals surface area (Å²) < 4.78 is 16.6. The van der Waals surface area contributed by atoms with E-state index in [0.29, 0.717) is 26.2 Å². The average Bonchev–Trinajstić information content (AvgIpc) is 3.67. The van der Waals surface area contributed by atoms with Crippen molar-refractivity contribution in [3.05, 3.63) is 59.7 Å². The second kappa shape index (κ2) is 10.0. The highest BCUT2D eigenvalue weighted by Gasteiger charge is 2.38. The molecule has 1 atom stereocenters. The van der Waals surface area contributed by atoms with E-state index in [9.17, 15) is 9.59 Å². The Bertz CT molecular complexity index is 924. The van der Waals surface area contributed by atoms with Crippen molar-refractivity contribution in [3.8, 4) is 11.5 Å². The molecule has 1 saturated heterocycles. The minimum absolute atomic E-state index is 0.0506. The van der Waals surface area contributed by atoms with Crippen LogP contribution in [-0.4, -0.2) is 61.6 Å². The Kier molecular flexibility index (Phi) is 6.95. The van der Waals surface area contributed by atoms with Gasteiger partial charge in [-0.1, -0.05) is 24.3 Å². The molecular weight excluding hydrogens is 408 g/mol. The minimum atomic E-state index is -0.260. The number of carbonyl (C=O) groups excluding carboxylic acids is 2. The summed E-state index contributed by atoms with van der Waals surface area (Å²) in [6.07, 6.45) is 1.57. The Morgan fingerprint density at radius 3 is 2.06 bits per heavy atom. The number of hydrogen-bond donors (Lipinski definition) is 0. The molecule has 2 aromatic carbocycles. The van der Waals surface area contributed by atoms with Gasteiger partial charge in [0.2, 0.25) is 11.8 Å². The topological polar surface area (TPSA) is 68.3 Å². The summed E-state index contributed by atoms with van der Waals surface area (Å²) in [7, 11) is 3.26. The molecular formula is C25H30N2O5. The Labute approximate surface area is 188 Å². The summed E-state index contributed by atoms with van der Waals surface area (Å²) >= 11 is 0. The first-order valence-electron chi connectivity index (χ1n) is 11.0. The highest BCUT2D eigenvalue weighted by atomic mass is 16.5. The van der Waals surface area contributed by atoms with E-state index >= 15 is 0 Å². The second-order valence-electron chi connectivity index (χ2n) is 8.40. The SMILES string of the molecule is COc1ccc(COC2CN(Cc3ccc(OC)cc3)C(=O)CN(C(=O)C3CC3)C2)cc1. The number of rotatable bonds is 8. The number of carbonyl (C=O) groups is 2. The second-order valence-corrected chi connectivity index (χ2v) is 8.40. The van der Waals surface area contributed by atoms with E-state index in [-0.39, 0.29) is 30.4 Å². The highest BCUT2D eigenvalue weighted by Crippen LogP contribution is 2.31. The molecule has 4 rings (SSSR count). The van der Waals surface area contributed by atoms with Crippen LogP contribution in [0.2, 0.25) is 0 Å². The molecule has 1 aliphatic heterocycles. The molecule has 32 heavy (non-hydrogen) atoms. The Morgan fingerprint density at radius 1 is 0.906 bits per heavy atom. The molecule has 0 bridgehead atoms. The van der Waals surface area contributed by atoms with Gasteiger partial charge in [0.15, 0.2) is 0 Å². The van der Waals surface area contributed by atoms with Gasteiger partial charge in [-0.25, -0.2) is 0 Å². The standard InChI is InChI=1S/C25H30N2O5/c1-30-21-9-3-18(4-10-21)13-26-14-23(32-17-19-5-11-22(31-2)12-6-19)15-27(16-24(26)28)25(29)20-7-8-20/h3-6,9-12,20,23H,7-8,13-17H2,1-2H3. The molecule has 0 radical (unpaired) electrons. The molecule has 1 unspecified atom stereocenters. The van der Waals surface area contributed by atoms with E-state index in [2.05, 4.69) is 0 Å². The third kappa shape index (κ3) is 5.59. The lowest BCUT2D eigenvalue weighted by atomic mass is 10.2. The van der Waals surface area contributed by atoms with Crippen molar-refractivity contribution in [2.24, 2.45) is 5.92 Å². The lowest BCUT2D eigenvalue weighted by Crippen LogP contribution is -2.40. The summed E-state index contributed by atoms with van der Waals surface area (Å²) in [6.45, 7) is 1.85. The van der Waals surface area contributed by atoms with Gasteiger partial charge in [0.25, 0.3) is 0 Å². The molecule has 170 valence electrons. The summed E-state index contributed by atoms with van der Waals surface area (Å²) in [5.41, 5.74) is 2.03. The molecule has 1 saturated carbocycles. The fraction of sp³-hybridized carbons (Fsp3) is 0.440. The van der Waals surface area contributed by atoms with Crippen LogP contribution in [0, 0.1) is 5.92 Å². The summed E-state index contributed by atoms with van der Waals surface area (Å²) in [5, 5.41) is 0. The van der Waals surface area contributed by atoms with Gasteiger partial charge in [-0.2, -0.15) is 0 Å². The van der Waals surface area contributed by atoms with Crippen LogP contribution in [0.5, 0.6) is 11.5 Å². The van der Waals surface area contributed by atoms with Crippen molar-refractivity contribution < 1.29 is 23.8 Å². The molecule has 1 heterocycles. The van der Waals surface area contributed by atoms with Crippen LogP contribution < -0.4 is 9.47 Å². The van der Waals surface area contributed by atoms with Crippen molar-refractivity contribution in [2.45, 2.75) is 32.1 Å². The lowest BCUT2D eigenvalue weighted by Gasteiger charge is -2.25. The maximum absolute atomic E-state index is 13.0. The van der Waals surface area contributed by atoms with Gasteiger partial charge in [0, 0.05) is 25.6 Å². The van der Waals surface area contributed by atoms with Gasteiger partial charge < -0.3 is 24.0 Å². The van der Waals surface area contributed by atoms with E-state index in [4.69, 9.17) is 14.2 Å². The van der Waals surface area contributed by atoms with Crippen LogP contribution in [0.25, 0.3) is 0 Å². The number of nitrogens with zero attached hydrogens (tertiary/aromatic N) is 2. The van der Waals surface area contributed by atoms with Crippen molar-refractivity contribution in [1.82, 2.24) is 9.80 Å². The molecule has 7 heteroatoms. The summed E-state index contributed by atoms with van der Waals surface area (Å²) in [6, 6.07) is 15.4.